The third-order valence-corrected chi connectivity index (χ3v) is 8.78. The second-order valence-electron chi connectivity index (χ2n) is 10.5. The maximum absolute atomic E-state index is 13.8. The van der Waals surface area contributed by atoms with Crippen LogP contribution in [0.3, 0.4) is 0 Å². The van der Waals surface area contributed by atoms with Crippen molar-refractivity contribution in [1.29, 1.82) is 0 Å². The van der Waals surface area contributed by atoms with E-state index in [2.05, 4.69) is 25.6 Å². The first-order chi connectivity index (χ1) is 21.0. The highest BCUT2D eigenvalue weighted by molar-refractivity contribution is 7.61. The van der Waals surface area contributed by atoms with E-state index in [4.69, 9.17) is 23.7 Å². The number of fused-ring (bicyclic) bond motifs is 1. The molecule has 0 spiro atoms. The number of rotatable bonds is 14. The van der Waals surface area contributed by atoms with Crippen molar-refractivity contribution in [3.05, 3.63) is 16.0 Å². The van der Waals surface area contributed by atoms with Crippen LogP contribution in [0.5, 0.6) is 0 Å². The van der Waals surface area contributed by atoms with Crippen molar-refractivity contribution >= 4 is 42.4 Å². The molecule has 0 saturated carbocycles. The van der Waals surface area contributed by atoms with Gasteiger partial charge in [0.15, 0.2) is 29.5 Å². The van der Waals surface area contributed by atoms with E-state index >= 15 is 0 Å². The van der Waals surface area contributed by atoms with Crippen LogP contribution in [0, 0.1) is 0 Å². The number of esters is 3. The van der Waals surface area contributed by atoms with Crippen LogP contribution in [0.2, 0.25) is 0 Å². The maximum Gasteiger partial charge on any atom is 0.361 e. The third-order valence-electron chi connectivity index (χ3n) is 5.95. The third kappa shape index (κ3) is 8.01. The smallest absolute Gasteiger partial charge is 0.361 e. The molecule has 4 N–H and O–H groups in total. The minimum Gasteiger partial charge on any atom is -0.479 e. The molecule has 0 radical (unpaired) electrons. The number of carboxylic acid groups (broad SMARTS) is 1. The summed E-state index contributed by atoms with van der Waals surface area (Å²) in [6, 6.07) is -0.849. The summed E-state index contributed by atoms with van der Waals surface area (Å²) < 4.78 is 41.4. The Hall–Kier alpha value is -3.97. The van der Waals surface area contributed by atoms with Gasteiger partial charge in [0.2, 0.25) is 11.5 Å². The van der Waals surface area contributed by atoms with Crippen molar-refractivity contribution in [1.82, 2.24) is 35.1 Å². The molecule has 1 saturated heterocycles. The normalized spacial score (nSPS) is 20.8. The van der Waals surface area contributed by atoms with Gasteiger partial charge in [-0.15, -0.1) is 10.2 Å². The molecule has 250 valence electrons. The number of carbonyl (C=O) groups excluding carboxylic acids is 3. The second kappa shape index (κ2) is 14.4. The summed E-state index contributed by atoms with van der Waals surface area (Å²) in [4.78, 5) is 62.2. The molecule has 0 aliphatic carbocycles. The fraction of sp³-hybridized carbons (Fsp3) is 0.667. The minimum absolute atomic E-state index is 0.0384. The van der Waals surface area contributed by atoms with E-state index < -0.39 is 103 Å². The number of carbonyl (C=O) groups is 4. The Morgan fingerprint density at radius 2 is 1.62 bits per heavy atom. The number of ether oxygens (including phenoxy) is 5. The summed E-state index contributed by atoms with van der Waals surface area (Å²) >= 11 is 0. The van der Waals surface area contributed by atoms with Crippen LogP contribution in [0.25, 0.3) is 11.0 Å². The van der Waals surface area contributed by atoms with Crippen molar-refractivity contribution in [3.8, 4) is 0 Å². The van der Waals surface area contributed by atoms with Crippen molar-refractivity contribution < 1.29 is 57.7 Å². The molecular formula is C24H36N7O13P. The molecule has 5 atom stereocenters. The van der Waals surface area contributed by atoms with Crippen LogP contribution in [-0.4, -0.2) is 109 Å². The Morgan fingerprint density at radius 3 is 2.13 bits per heavy atom. The first-order valence-electron chi connectivity index (χ1n) is 13.7. The topological polar surface area (TPSA) is 262 Å². The van der Waals surface area contributed by atoms with Crippen molar-refractivity contribution in [2.45, 2.75) is 90.9 Å². The molecule has 0 bridgehead atoms. The van der Waals surface area contributed by atoms with Gasteiger partial charge in [0.1, 0.15) is 6.10 Å². The fourth-order valence-corrected chi connectivity index (χ4v) is 7.06. The Labute approximate surface area is 255 Å². The number of hydrogen-bond acceptors (Lipinski definition) is 15. The average molecular weight is 662 g/mol. The van der Waals surface area contributed by atoms with Gasteiger partial charge < -0.3 is 34.0 Å². The zero-order chi connectivity index (χ0) is 33.8. The Balaban J connectivity index is 2.06. The second-order valence-corrected chi connectivity index (χ2v) is 12.8. The number of nitrogens with one attached hydrogen (secondary N) is 2. The number of carboxylic acids is 1. The van der Waals surface area contributed by atoms with E-state index in [0.717, 1.165) is 13.8 Å². The van der Waals surface area contributed by atoms with Gasteiger partial charge in [-0.05, 0) is 34.6 Å². The summed E-state index contributed by atoms with van der Waals surface area (Å²) in [6.45, 7) is 9.49. The predicted octanol–water partition coefficient (Wildman–Crippen LogP) is -0.221. The lowest BCUT2D eigenvalue weighted by Crippen LogP contribution is -2.44. The van der Waals surface area contributed by atoms with Gasteiger partial charge in [0.25, 0.3) is 7.44 Å². The first kappa shape index (κ1) is 35.5. The van der Waals surface area contributed by atoms with E-state index in [1.54, 1.807) is 27.7 Å². The van der Waals surface area contributed by atoms with Gasteiger partial charge in [-0.2, -0.15) is 4.68 Å². The highest BCUT2D eigenvalue weighted by Crippen LogP contribution is 2.45. The van der Waals surface area contributed by atoms with Crippen LogP contribution in [0.15, 0.2) is 4.79 Å². The van der Waals surface area contributed by atoms with Gasteiger partial charge in [0.05, 0.1) is 13.2 Å². The molecule has 20 nitrogen and oxygen atoms in total. The summed E-state index contributed by atoms with van der Waals surface area (Å²) in [5, 5.41) is 36.8. The van der Waals surface area contributed by atoms with E-state index in [1.165, 1.54) is 6.92 Å². The standard InChI is InChI=1S/C24H36N7O13P/c1-8-40-23(37)16-15-17(31(38)26-16)20(34)30(29-25-15)21-19(43-13(7)33)18(42-12(6)32)14(44-21)9-41-24(22(35)36)45(39,27-10(2)3)28-11(4)5/h10-11,14,18-19,21,24,38H,8-9H2,1-7H3,(H,35,36)(H2,27,28,39). The van der Waals surface area contributed by atoms with E-state index in [-0.39, 0.29) is 11.5 Å². The molecule has 2 aromatic heterocycles. The van der Waals surface area contributed by atoms with Crippen LogP contribution < -0.4 is 15.7 Å². The molecule has 1 aliphatic rings. The Bertz CT molecular complexity index is 1530. The monoisotopic (exact) mass is 661 g/mol. The lowest BCUT2D eigenvalue weighted by atomic mass is 10.1. The quantitative estimate of drug-likeness (QED) is 0.0882. The Morgan fingerprint density at radius 1 is 1.04 bits per heavy atom. The van der Waals surface area contributed by atoms with Crippen LogP contribution in [-0.2, 0) is 42.6 Å². The largest absolute Gasteiger partial charge is 0.479 e. The maximum atomic E-state index is 13.8. The van der Waals surface area contributed by atoms with E-state index in [9.17, 15) is 38.9 Å². The molecule has 3 heterocycles. The average Bonchev–Trinajstić information content (AvgIpc) is 3.40. The highest BCUT2D eigenvalue weighted by Gasteiger charge is 2.52. The number of aromatic nitrogens is 5. The lowest BCUT2D eigenvalue weighted by molar-refractivity contribution is -0.166. The van der Waals surface area contributed by atoms with Crippen LogP contribution >= 0.6 is 7.44 Å². The van der Waals surface area contributed by atoms with E-state index in [1.807, 2.05) is 0 Å². The molecule has 1 fully saturated rings. The van der Waals surface area contributed by atoms with Gasteiger partial charge in [-0.25, -0.2) is 19.8 Å². The first-order valence-corrected chi connectivity index (χ1v) is 15.5. The fourth-order valence-electron chi connectivity index (χ4n) is 4.57. The number of nitrogens with zero attached hydrogens (tertiary/aromatic N) is 5. The summed E-state index contributed by atoms with van der Waals surface area (Å²) in [5.74, 6) is -6.29. The number of hydrogen-bond donors (Lipinski definition) is 4. The SMILES string of the molecule is CCOC(=O)c1nn(O)c2c(=O)n(C3OC(COC(C(=O)O)P(=O)(NC(C)C)NC(C)C)C(OC(C)=O)C3OC(C)=O)nnc12. The number of aliphatic carboxylic acids is 1. The molecular weight excluding hydrogens is 625 g/mol. The van der Waals surface area contributed by atoms with Crippen LogP contribution in [0.1, 0.15) is 65.2 Å². The summed E-state index contributed by atoms with van der Waals surface area (Å²) in [7, 11) is -3.99. The molecule has 0 amide bonds. The molecule has 5 unspecified atom stereocenters. The zero-order valence-electron chi connectivity index (χ0n) is 25.5. The van der Waals surface area contributed by atoms with Gasteiger partial charge in [-0.3, -0.25) is 18.9 Å². The van der Waals surface area contributed by atoms with Gasteiger partial charge in [-0.1, -0.05) is 10.1 Å². The molecule has 0 aromatic carbocycles. The van der Waals surface area contributed by atoms with Crippen molar-refractivity contribution in [2.75, 3.05) is 13.2 Å². The van der Waals surface area contributed by atoms with Gasteiger partial charge in [0, 0.05) is 25.9 Å². The molecule has 1 aliphatic heterocycles. The molecule has 3 rings (SSSR count). The molecule has 2 aromatic rings. The summed E-state index contributed by atoms with van der Waals surface area (Å²) in [6.07, 6.45) is -6.19. The summed E-state index contributed by atoms with van der Waals surface area (Å²) in [5.41, 5.74) is -2.65. The van der Waals surface area contributed by atoms with Crippen LogP contribution in [0.4, 0.5) is 0 Å². The van der Waals surface area contributed by atoms with Crippen molar-refractivity contribution in [3.63, 3.8) is 0 Å². The minimum atomic E-state index is -3.99. The lowest BCUT2D eigenvalue weighted by Gasteiger charge is -2.30. The Kier molecular flexibility index (Phi) is 11.4. The zero-order valence-corrected chi connectivity index (χ0v) is 26.4. The van der Waals surface area contributed by atoms with Crippen molar-refractivity contribution in [2.24, 2.45) is 0 Å². The molecule has 21 heteroatoms. The van der Waals surface area contributed by atoms with E-state index in [0.29, 0.717) is 4.68 Å². The highest BCUT2D eigenvalue weighted by atomic mass is 31.2. The molecule has 45 heavy (non-hydrogen) atoms. The predicted molar refractivity (Wildman–Crippen MR) is 149 cm³/mol. The van der Waals surface area contributed by atoms with Gasteiger partial charge >= 0.3 is 29.4 Å².